The molecule has 0 bridgehead atoms. The lowest BCUT2D eigenvalue weighted by Gasteiger charge is -2.23. The van der Waals surface area contributed by atoms with E-state index in [1.165, 1.54) is 0 Å². The summed E-state index contributed by atoms with van der Waals surface area (Å²) in [5.41, 5.74) is 4.44. The van der Waals surface area contributed by atoms with Crippen LogP contribution in [0.25, 0.3) is 5.65 Å². The van der Waals surface area contributed by atoms with Crippen molar-refractivity contribution in [1.82, 2.24) is 25.2 Å². The van der Waals surface area contributed by atoms with Crippen molar-refractivity contribution in [2.75, 3.05) is 24.5 Å². The molecule has 2 N–H and O–H groups in total. The Labute approximate surface area is 193 Å². The van der Waals surface area contributed by atoms with Crippen LogP contribution >= 0.6 is 0 Å². The van der Waals surface area contributed by atoms with Crippen LogP contribution < -0.4 is 15.5 Å². The highest BCUT2D eigenvalue weighted by atomic mass is 16.1. The van der Waals surface area contributed by atoms with Crippen LogP contribution in [-0.2, 0) is 0 Å². The number of aromatic nitrogens is 3. The summed E-state index contributed by atoms with van der Waals surface area (Å²) >= 11 is 0. The predicted molar refractivity (Wildman–Crippen MR) is 130 cm³/mol. The lowest BCUT2D eigenvalue weighted by molar-refractivity contribution is 0.0944. The second-order valence-electron chi connectivity index (χ2n) is 8.54. The Morgan fingerprint density at radius 1 is 1.06 bits per heavy atom. The van der Waals surface area contributed by atoms with Gasteiger partial charge < -0.3 is 10.6 Å². The standard InChI is InChI=1S/C26H28N6O/c1-19-5-4-6-23(17-19)32(26-29-24-7-2-3-16-31(24)30-26)22-10-8-21(9-11-22)25(33)28-18-20-12-14-27-15-13-20/h2-11,16-17,20,27H,12-15,18H2,1H3,(H,28,33). The maximum Gasteiger partial charge on any atom is 0.254 e. The summed E-state index contributed by atoms with van der Waals surface area (Å²) in [7, 11) is 0. The summed E-state index contributed by atoms with van der Waals surface area (Å²) in [5, 5.41) is 11.1. The second-order valence-corrected chi connectivity index (χ2v) is 8.54. The normalized spacial score (nSPS) is 14.3. The van der Waals surface area contributed by atoms with E-state index in [2.05, 4.69) is 34.8 Å². The van der Waals surface area contributed by atoms with Crippen molar-refractivity contribution in [2.45, 2.75) is 19.8 Å². The number of fused-ring (bicyclic) bond motifs is 1. The number of nitrogens with zero attached hydrogens (tertiary/aromatic N) is 4. The second kappa shape index (κ2) is 9.42. The summed E-state index contributed by atoms with van der Waals surface area (Å²) < 4.78 is 1.76. The Balaban J connectivity index is 1.41. The molecule has 1 amide bonds. The third-order valence-electron chi connectivity index (χ3n) is 6.09. The van der Waals surface area contributed by atoms with Gasteiger partial charge >= 0.3 is 0 Å². The van der Waals surface area contributed by atoms with Gasteiger partial charge in [-0.15, -0.1) is 5.10 Å². The van der Waals surface area contributed by atoms with Gasteiger partial charge in [-0.1, -0.05) is 18.2 Å². The molecule has 0 spiro atoms. The van der Waals surface area contributed by atoms with Crippen molar-refractivity contribution < 1.29 is 4.79 Å². The maximum absolute atomic E-state index is 12.7. The molecular weight excluding hydrogens is 412 g/mol. The van der Waals surface area contributed by atoms with Crippen LogP contribution in [0.2, 0.25) is 0 Å². The molecule has 0 unspecified atom stereocenters. The van der Waals surface area contributed by atoms with Gasteiger partial charge in [0.2, 0.25) is 0 Å². The molecule has 168 valence electrons. The Bertz CT molecular complexity index is 1210. The number of amides is 1. The van der Waals surface area contributed by atoms with Crippen molar-refractivity contribution in [1.29, 1.82) is 0 Å². The molecule has 0 aliphatic carbocycles. The Kier molecular flexibility index (Phi) is 6.04. The topological polar surface area (TPSA) is 74.6 Å². The fourth-order valence-electron chi connectivity index (χ4n) is 4.25. The molecule has 2 aromatic heterocycles. The van der Waals surface area contributed by atoms with Gasteiger partial charge in [0.1, 0.15) is 0 Å². The van der Waals surface area contributed by atoms with Crippen LogP contribution in [0.5, 0.6) is 0 Å². The van der Waals surface area contributed by atoms with Crippen LogP contribution in [0.4, 0.5) is 17.3 Å². The van der Waals surface area contributed by atoms with E-state index in [1.807, 2.05) is 65.7 Å². The molecule has 1 aliphatic rings. The summed E-state index contributed by atoms with van der Waals surface area (Å²) in [4.78, 5) is 19.4. The highest BCUT2D eigenvalue weighted by Crippen LogP contribution is 2.33. The molecule has 4 aromatic rings. The van der Waals surface area contributed by atoms with Gasteiger partial charge in [-0.3, -0.25) is 9.69 Å². The fraction of sp³-hybridized carbons (Fsp3) is 0.269. The number of piperidine rings is 1. The summed E-state index contributed by atoms with van der Waals surface area (Å²) in [6, 6.07) is 21.7. The average Bonchev–Trinajstić information content (AvgIpc) is 3.27. The van der Waals surface area contributed by atoms with Crippen molar-refractivity contribution in [3.63, 3.8) is 0 Å². The first-order valence-electron chi connectivity index (χ1n) is 11.4. The van der Waals surface area contributed by atoms with E-state index in [1.54, 1.807) is 4.52 Å². The molecule has 0 radical (unpaired) electrons. The first-order chi connectivity index (χ1) is 16.2. The molecule has 0 atom stereocenters. The van der Waals surface area contributed by atoms with Crippen LogP contribution in [-0.4, -0.2) is 40.1 Å². The minimum absolute atomic E-state index is 0.0342. The van der Waals surface area contributed by atoms with Gasteiger partial charge in [-0.2, -0.15) is 4.98 Å². The van der Waals surface area contributed by atoms with Gasteiger partial charge in [-0.05, 0) is 92.9 Å². The number of nitrogens with one attached hydrogen (secondary N) is 2. The summed E-state index contributed by atoms with van der Waals surface area (Å²) in [6.07, 6.45) is 4.10. The Morgan fingerprint density at radius 2 is 1.88 bits per heavy atom. The van der Waals surface area contributed by atoms with Gasteiger partial charge in [0.15, 0.2) is 5.65 Å². The Morgan fingerprint density at radius 3 is 2.64 bits per heavy atom. The summed E-state index contributed by atoms with van der Waals surface area (Å²) in [6.45, 7) is 4.85. The zero-order chi connectivity index (χ0) is 22.6. The quantitative estimate of drug-likeness (QED) is 0.469. The van der Waals surface area contributed by atoms with Gasteiger partial charge in [0.25, 0.3) is 11.9 Å². The third kappa shape index (κ3) is 4.73. The highest BCUT2D eigenvalue weighted by molar-refractivity contribution is 5.94. The number of hydrogen-bond acceptors (Lipinski definition) is 5. The number of rotatable bonds is 6. The van der Waals surface area contributed by atoms with Crippen molar-refractivity contribution in [3.05, 3.63) is 84.1 Å². The van der Waals surface area contributed by atoms with Gasteiger partial charge in [-0.25, -0.2) is 4.52 Å². The van der Waals surface area contributed by atoms with Crippen LogP contribution in [0, 0.1) is 12.8 Å². The average molecular weight is 441 g/mol. The largest absolute Gasteiger partial charge is 0.352 e. The van der Waals surface area contributed by atoms with Crippen molar-refractivity contribution in [2.24, 2.45) is 5.92 Å². The van der Waals surface area contributed by atoms with Crippen molar-refractivity contribution >= 4 is 28.9 Å². The number of benzene rings is 2. The van der Waals surface area contributed by atoms with Crippen molar-refractivity contribution in [3.8, 4) is 0 Å². The SMILES string of the molecule is Cc1cccc(N(c2ccc(C(=O)NCC3CCNCC3)cc2)c2nc3ccccn3n2)c1. The van der Waals surface area contributed by atoms with Gasteiger partial charge in [0, 0.05) is 29.7 Å². The molecule has 7 nitrogen and oxygen atoms in total. The molecule has 0 saturated carbocycles. The number of aryl methyl sites for hydroxylation is 1. The van der Waals surface area contributed by atoms with E-state index >= 15 is 0 Å². The van der Waals surface area contributed by atoms with E-state index in [4.69, 9.17) is 4.98 Å². The molecule has 7 heteroatoms. The molecule has 1 fully saturated rings. The number of hydrogen-bond donors (Lipinski definition) is 2. The first-order valence-corrected chi connectivity index (χ1v) is 11.4. The van der Waals surface area contributed by atoms with E-state index in [0.717, 1.165) is 55.1 Å². The smallest absolute Gasteiger partial charge is 0.254 e. The van der Waals surface area contributed by atoms with E-state index in [0.29, 0.717) is 17.4 Å². The van der Waals surface area contributed by atoms with Gasteiger partial charge in [0.05, 0.1) is 0 Å². The zero-order valence-corrected chi connectivity index (χ0v) is 18.7. The minimum Gasteiger partial charge on any atom is -0.352 e. The summed E-state index contributed by atoms with van der Waals surface area (Å²) in [5.74, 6) is 1.09. The number of pyridine rings is 1. The Hall–Kier alpha value is -3.71. The maximum atomic E-state index is 12.7. The highest BCUT2D eigenvalue weighted by Gasteiger charge is 2.19. The fourth-order valence-corrected chi connectivity index (χ4v) is 4.25. The van der Waals surface area contributed by atoms with E-state index < -0.39 is 0 Å². The van der Waals surface area contributed by atoms with E-state index in [-0.39, 0.29) is 5.91 Å². The molecule has 1 saturated heterocycles. The zero-order valence-electron chi connectivity index (χ0n) is 18.7. The van der Waals surface area contributed by atoms with Crippen LogP contribution in [0.3, 0.4) is 0 Å². The lowest BCUT2D eigenvalue weighted by Crippen LogP contribution is -2.35. The monoisotopic (exact) mass is 440 g/mol. The van der Waals surface area contributed by atoms with Crippen LogP contribution in [0.1, 0.15) is 28.8 Å². The molecule has 1 aliphatic heterocycles. The van der Waals surface area contributed by atoms with Crippen LogP contribution in [0.15, 0.2) is 72.9 Å². The lowest BCUT2D eigenvalue weighted by atomic mass is 9.98. The van der Waals surface area contributed by atoms with E-state index in [9.17, 15) is 4.79 Å². The number of anilines is 3. The molecular formula is C26H28N6O. The minimum atomic E-state index is -0.0342. The molecule has 3 heterocycles. The molecule has 33 heavy (non-hydrogen) atoms. The third-order valence-corrected chi connectivity index (χ3v) is 6.09. The number of carbonyl (C=O) groups excluding carboxylic acids is 1. The molecule has 5 rings (SSSR count). The predicted octanol–water partition coefficient (Wildman–Crippen LogP) is 4.24. The first kappa shape index (κ1) is 21.2. The molecule has 2 aromatic carbocycles. The number of carbonyl (C=O) groups is 1.